The second-order valence-corrected chi connectivity index (χ2v) is 8.75. The number of hydrogen-bond acceptors (Lipinski definition) is 6. The van der Waals surface area contributed by atoms with E-state index in [4.69, 9.17) is 0 Å². The first kappa shape index (κ1) is 20.4. The van der Waals surface area contributed by atoms with Gasteiger partial charge in [-0.15, -0.1) is 15.3 Å². The summed E-state index contributed by atoms with van der Waals surface area (Å²) in [6, 6.07) is 13.4. The van der Waals surface area contributed by atoms with Crippen molar-refractivity contribution in [2.75, 3.05) is 43.5 Å². The van der Waals surface area contributed by atoms with Gasteiger partial charge in [0, 0.05) is 51.8 Å². The number of benzene rings is 1. The summed E-state index contributed by atoms with van der Waals surface area (Å²) in [5.74, 6) is 1.71. The molecule has 0 spiro atoms. The van der Waals surface area contributed by atoms with Crippen LogP contribution >= 0.6 is 0 Å². The number of carbonyl (C=O) groups is 2. The molecule has 3 aromatic rings. The van der Waals surface area contributed by atoms with E-state index in [-0.39, 0.29) is 30.1 Å². The molecule has 5 rings (SSSR count). The van der Waals surface area contributed by atoms with Crippen molar-refractivity contribution in [3.8, 4) is 0 Å². The van der Waals surface area contributed by atoms with Crippen LogP contribution in [0.4, 0.5) is 11.5 Å². The Morgan fingerprint density at radius 3 is 2.50 bits per heavy atom. The average molecular weight is 434 g/mol. The van der Waals surface area contributed by atoms with E-state index in [1.807, 2.05) is 70.9 Å². The summed E-state index contributed by atoms with van der Waals surface area (Å²) in [5.41, 5.74) is 1.59. The zero-order chi connectivity index (χ0) is 22.2. The first-order chi connectivity index (χ1) is 15.5. The Labute approximate surface area is 186 Å². The molecule has 2 aromatic heterocycles. The van der Waals surface area contributed by atoms with Gasteiger partial charge in [0.05, 0.1) is 5.92 Å². The molecule has 2 aliphatic rings. The smallest absolute Gasteiger partial charge is 0.228 e. The summed E-state index contributed by atoms with van der Waals surface area (Å²) in [7, 11) is 3.91. The van der Waals surface area contributed by atoms with Crippen molar-refractivity contribution in [3.05, 3.63) is 48.3 Å². The molecular weight excluding hydrogens is 406 g/mol. The fraction of sp³-hybridized carbons (Fsp3) is 0.435. The lowest BCUT2D eigenvalue weighted by Crippen LogP contribution is -2.42. The highest BCUT2D eigenvalue weighted by atomic mass is 16.2. The van der Waals surface area contributed by atoms with Crippen molar-refractivity contribution in [1.82, 2.24) is 24.7 Å². The van der Waals surface area contributed by atoms with Gasteiger partial charge in [0.2, 0.25) is 11.8 Å². The quantitative estimate of drug-likeness (QED) is 0.625. The van der Waals surface area contributed by atoms with Gasteiger partial charge in [-0.1, -0.05) is 18.2 Å². The predicted molar refractivity (Wildman–Crippen MR) is 121 cm³/mol. The molecule has 2 aliphatic heterocycles. The van der Waals surface area contributed by atoms with Crippen LogP contribution in [-0.4, -0.2) is 70.3 Å². The lowest BCUT2D eigenvalue weighted by molar-refractivity contribution is -0.136. The fourth-order valence-corrected chi connectivity index (χ4v) is 4.64. The molecule has 0 radical (unpaired) electrons. The Bertz CT molecular complexity index is 1140. The van der Waals surface area contributed by atoms with Crippen LogP contribution in [0, 0.1) is 5.92 Å². The van der Waals surface area contributed by atoms with E-state index in [1.54, 1.807) is 4.90 Å². The number of para-hydroxylation sites is 1. The number of hydrogen-bond donors (Lipinski definition) is 0. The number of piperidine rings is 1. The predicted octanol–water partition coefficient (Wildman–Crippen LogP) is 1.95. The van der Waals surface area contributed by atoms with Gasteiger partial charge in [-0.3, -0.25) is 9.59 Å². The van der Waals surface area contributed by atoms with Crippen LogP contribution in [0.15, 0.2) is 42.5 Å². The maximum atomic E-state index is 13.1. The van der Waals surface area contributed by atoms with E-state index in [1.165, 1.54) is 0 Å². The summed E-state index contributed by atoms with van der Waals surface area (Å²) in [5, 5.41) is 13.3. The zero-order valence-corrected chi connectivity index (χ0v) is 18.4. The number of amides is 2. The minimum Gasteiger partial charge on any atom is -0.361 e. The molecule has 1 atom stereocenters. The third kappa shape index (κ3) is 3.68. The van der Waals surface area contributed by atoms with Gasteiger partial charge >= 0.3 is 0 Å². The second kappa shape index (κ2) is 8.22. The van der Waals surface area contributed by atoms with Crippen LogP contribution in [0.5, 0.6) is 0 Å². The van der Waals surface area contributed by atoms with Crippen molar-refractivity contribution in [1.29, 1.82) is 0 Å². The summed E-state index contributed by atoms with van der Waals surface area (Å²) >= 11 is 0. The van der Waals surface area contributed by atoms with E-state index < -0.39 is 0 Å². The highest BCUT2D eigenvalue weighted by Crippen LogP contribution is 2.30. The summed E-state index contributed by atoms with van der Waals surface area (Å²) in [6.45, 7) is 1.76. The first-order valence-electron chi connectivity index (χ1n) is 11.0. The Morgan fingerprint density at radius 2 is 1.78 bits per heavy atom. The molecule has 2 amide bonds. The van der Waals surface area contributed by atoms with Gasteiger partial charge in [-0.2, -0.15) is 4.52 Å². The van der Waals surface area contributed by atoms with Gasteiger partial charge in [-0.25, -0.2) is 0 Å². The number of nitrogens with zero attached hydrogens (tertiary/aromatic N) is 7. The van der Waals surface area contributed by atoms with Gasteiger partial charge in [0.25, 0.3) is 0 Å². The molecule has 2 fully saturated rings. The van der Waals surface area contributed by atoms with Crippen molar-refractivity contribution in [2.45, 2.75) is 25.2 Å². The molecule has 4 heterocycles. The van der Waals surface area contributed by atoms with Crippen LogP contribution < -0.4 is 9.80 Å². The molecule has 0 saturated carbocycles. The lowest BCUT2D eigenvalue weighted by Gasteiger charge is -2.32. The Morgan fingerprint density at radius 1 is 1.03 bits per heavy atom. The van der Waals surface area contributed by atoms with Crippen LogP contribution in [0.3, 0.4) is 0 Å². The van der Waals surface area contributed by atoms with Crippen molar-refractivity contribution < 1.29 is 9.59 Å². The Hall–Kier alpha value is -3.49. The fourth-order valence-electron chi connectivity index (χ4n) is 4.64. The Balaban J connectivity index is 1.24. The van der Waals surface area contributed by atoms with E-state index in [0.29, 0.717) is 19.6 Å². The first-order valence-corrected chi connectivity index (χ1v) is 11.0. The molecule has 0 N–H and O–H groups in total. The van der Waals surface area contributed by atoms with Gasteiger partial charge < -0.3 is 14.7 Å². The summed E-state index contributed by atoms with van der Waals surface area (Å²) in [4.78, 5) is 31.2. The third-order valence-electron chi connectivity index (χ3n) is 6.44. The molecule has 32 heavy (non-hydrogen) atoms. The molecular formula is C23H27N7O2. The number of rotatable bonds is 4. The van der Waals surface area contributed by atoms with Crippen LogP contribution in [0.25, 0.3) is 5.65 Å². The maximum absolute atomic E-state index is 13.1. The van der Waals surface area contributed by atoms with Crippen LogP contribution in [-0.2, 0) is 9.59 Å². The number of carbonyl (C=O) groups excluding carboxylic acids is 2. The van der Waals surface area contributed by atoms with Crippen LogP contribution in [0.1, 0.15) is 31.0 Å². The molecule has 0 bridgehead atoms. The minimum absolute atomic E-state index is 0.0159. The molecule has 9 heteroatoms. The standard InChI is InChI=1S/C23H27N7O2/c1-27(2)20-9-8-19-24-25-22(30(19)26-20)16-10-12-28(13-11-16)23(32)17-14-21(31)29(15-17)18-6-4-3-5-7-18/h3-9,16-17H,10-15H2,1-2H3. The van der Waals surface area contributed by atoms with Crippen molar-refractivity contribution in [3.63, 3.8) is 0 Å². The Kier molecular flexibility index (Phi) is 5.24. The van der Waals surface area contributed by atoms with Crippen molar-refractivity contribution in [2.24, 2.45) is 5.92 Å². The average Bonchev–Trinajstić information content (AvgIpc) is 3.42. The second-order valence-electron chi connectivity index (χ2n) is 8.75. The zero-order valence-electron chi connectivity index (χ0n) is 18.4. The highest BCUT2D eigenvalue weighted by Gasteiger charge is 2.38. The van der Waals surface area contributed by atoms with Crippen LogP contribution in [0.2, 0.25) is 0 Å². The summed E-state index contributed by atoms with van der Waals surface area (Å²) < 4.78 is 1.82. The maximum Gasteiger partial charge on any atom is 0.228 e. The van der Waals surface area contributed by atoms with Gasteiger partial charge in [0.15, 0.2) is 11.5 Å². The normalized spacial score (nSPS) is 19.7. The van der Waals surface area contributed by atoms with E-state index in [9.17, 15) is 9.59 Å². The van der Waals surface area contributed by atoms with Crippen molar-refractivity contribution >= 4 is 29.0 Å². The number of likely N-dealkylation sites (tertiary alicyclic amines) is 1. The van der Waals surface area contributed by atoms with E-state index >= 15 is 0 Å². The van der Waals surface area contributed by atoms with E-state index in [0.717, 1.165) is 35.8 Å². The number of anilines is 2. The topological polar surface area (TPSA) is 86.9 Å². The molecule has 166 valence electrons. The van der Waals surface area contributed by atoms with Gasteiger partial charge in [0.1, 0.15) is 5.82 Å². The highest BCUT2D eigenvalue weighted by molar-refractivity contribution is 6.00. The molecule has 1 aromatic carbocycles. The largest absolute Gasteiger partial charge is 0.361 e. The molecule has 0 aliphatic carbocycles. The van der Waals surface area contributed by atoms with E-state index in [2.05, 4.69) is 15.3 Å². The summed E-state index contributed by atoms with van der Waals surface area (Å²) in [6.07, 6.45) is 1.90. The SMILES string of the molecule is CN(C)c1ccc2nnc(C3CCN(C(=O)C4CC(=O)N(c5ccccc5)C4)CC3)n2n1. The third-order valence-corrected chi connectivity index (χ3v) is 6.44. The molecule has 9 nitrogen and oxygen atoms in total. The lowest BCUT2D eigenvalue weighted by atomic mass is 9.94. The number of fused-ring (bicyclic) bond motifs is 1. The van der Waals surface area contributed by atoms with Gasteiger partial charge in [-0.05, 0) is 37.1 Å². The minimum atomic E-state index is -0.280. The monoisotopic (exact) mass is 433 g/mol. The molecule has 2 saturated heterocycles. The molecule has 1 unspecified atom stereocenters. The number of aromatic nitrogens is 4.